The van der Waals surface area contributed by atoms with E-state index in [9.17, 15) is 19.7 Å². The predicted octanol–water partition coefficient (Wildman–Crippen LogP) is 2.84. The first-order valence-corrected chi connectivity index (χ1v) is 7.49. The van der Waals surface area contributed by atoms with Crippen molar-refractivity contribution in [2.24, 2.45) is 0 Å². The molecule has 3 rings (SSSR count). The molecule has 0 aliphatic carbocycles. The Hall–Kier alpha value is -3.75. The SMILES string of the molecule is Cc1ccc([N+](=O)[O-])cc1NC(=O)COC(=O)c1ccc2ocnc2c1. The van der Waals surface area contributed by atoms with Crippen LogP contribution in [0.5, 0.6) is 0 Å². The maximum atomic E-state index is 12.0. The molecule has 0 aliphatic rings. The molecule has 9 heteroatoms. The summed E-state index contributed by atoms with van der Waals surface area (Å²) in [6.07, 6.45) is 1.26. The van der Waals surface area contributed by atoms with Crippen LogP contribution in [0.1, 0.15) is 15.9 Å². The number of carbonyl (C=O) groups excluding carboxylic acids is 2. The van der Waals surface area contributed by atoms with Crippen LogP contribution >= 0.6 is 0 Å². The second-order valence-corrected chi connectivity index (χ2v) is 5.42. The van der Waals surface area contributed by atoms with E-state index in [-0.39, 0.29) is 16.9 Å². The van der Waals surface area contributed by atoms with Gasteiger partial charge in [-0.05, 0) is 30.7 Å². The predicted molar refractivity (Wildman–Crippen MR) is 90.8 cm³/mol. The van der Waals surface area contributed by atoms with E-state index in [4.69, 9.17) is 9.15 Å². The maximum absolute atomic E-state index is 12.0. The number of non-ortho nitro benzene ring substituents is 1. The Morgan fingerprint density at radius 3 is 2.85 bits per heavy atom. The third-order valence-corrected chi connectivity index (χ3v) is 3.61. The van der Waals surface area contributed by atoms with Gasteiger partial charge in [-0.15, -0.1) is 0 Å². The summed E-state index contributed by atoms with van der Waals surface area (Å²) < 4.78 is 10.0. The highest BCUT2D eigenvalue weighted by Crippen LogP contribution is 2.21. The number of aromatic nitrogens is 1. The number of oxazole rings is 1. The number of rotatable bonds is 5. The van der Waals surface area contributed by atoms with Gasteiger partial charge < -0.3 is 14.5 Å². The molecule has 0 unspecified atom stereocenters. The number of hydrogen-bond donors (Lipinski definition) is 1. The van der Waals surface area contributed by atoms with Gasteiger partial charge in [0.05, 0.1) is 16.2 Å². The van der Waals surface area contributed by atoms with E-state index in [0.29, 0.717) is 16.7 Å². The number of benzene rings is 2. The number of esters is 1. The van der Waals surface area contributed by atoms with Gasteiger partial charge in [0, 0.05) is 12.1 Å². The van der Waals surface area contributed by atoms with Crippen molar-refractivity contribution in [1.29, 1.82) is 0 Å². The molecular formula is C17H13N3O6. The highest BCUT2D eigenvalue weighted by Gasteiger charge is 2.14. The fourth-order valence-electron chi connectivity index (χ4n) is 2.24. The van der Waals surface area contributed by atoms with Crippen molar-refractivity contribution in [3.05, 3.63) is 64.0 Å². The monoisotopic (exact) mass is 355 g/mol. The zero-order valence-corrected chi connectivity index (χ0v) is 13.6. The second kappa shape index (κ2) is 7.01. The van der Waals surface area contributed by atoms with Crippen LogP contribution in [-0.4, -0.2) is 28.4 Å². The average Bonchev–Trinajstić information content (AvgIpc) is 3.09. The summed E-state index contributed by atoms with van der Waals surface area (Å²) in [6.45, 7) is 1.16. The van der Waals surface area contributed by atoms with E-state index in [0.717, 1.165) is 0 Å². The van der Waals surface area contributed by atoms with Crippen LogP contribution in [0.25, 0.3) is 11.1 Å². The van der Waals surface area contributed by atoms with Crippen molar-refractivity contribution in [3.63, 3.8) is 0 Å². The van der Waals surface area contributed by atoms with Crippen molar-refractivity contribution in [2.45, 2.75) is 6.92 Å². The van der Waals surface area contributed by atoms with Gasteiger partial charge >= 0.3 is 5.97 Å². The molecule has 1 aromatic heterocycles. The van der Waals surface area contributed by atoms with Gasteiger partial charge in [-0.2, -0.15) is 0 Å². The van der Waals surface area contributed by atoms with Gasteiger partial charge in [0.15, 0.2) is 18.6 Å². The topological polar surface area (TPSA) is 125 Å². The number of carbonyl (C=O) groups is 2. The highest BCUT2D eigenvalue weighted by molar-refractivity contribution is 5.97. The van der Waals surface area contributed by atoms with Crippen molar-refractivity contribution in [1.82, 2.24) is 4.98 Å². The van der Waals surface area contributed by atoms with Gasteiger partial charge in [-0.25, -0.2) is 9.78 Å². The number of nitrogens with zero attached hydrogens (tertiary/aromatic N) is 2. The largest absolute Gasteiger partial charge is 0.452 e. The summed E-state index contributed by atoms with van der Waals surface area (Å²) in [7, 11) is 0. The van der Waals surface area contributed by atoms with Crippen molar-refractivity contribution < 1.29 is 23.7 Å². The number of nitro groups is 1. The molecule has 1 heterocycles. The Kier molecular flexibility index (Phi) is 4.61. The molecule has 0 atom stereocenters. The molecule has 2 aromatic carbocycles. The van der Waals surface area contributed by atoms with Crippen LogP contribution in [-0.2, 0) is 9.53 Å². The molecule has 3 aromatic rings. The van der Waals surface area contributed by atoms with Crippen LogP contribution in [0.4, 0.5) is 11.4 Å². The Morgan fingerprint density at radius 2 is 2.08 bits per heavy atom. The van der Waals surface area contributed by atoms with E-state index in [1.807, 2.05) is 0 Å². The van der Waals surface area contributed by atoms with Crippen LogP contribution in [0.2, 0.25) is 0 Å². The average molecular weight is 355 g/mol. The highest BCUT2D eigenvalue weighted by atomic mass is 16.6. The summed E-state index contributed by atoms with van der Waals surface area (Å²) in [5, 5.41) is 13.3. The van der Waals surface area contributed by atoms with E-state index < -0.39 is 23.4 Å². The number of ether oxygens (including phenoxy) is 1. The molecular weight excluding hydrogens is 342 g/mol. The van der Waals surface area contributed by atoms with Crippen molar-refractivity contribution in [2.75, 3.05) is 11.9 Å². The third-order valence-electron chi connectivity index (χ3n) is 3.61. The molecule has 0 saturated carbocycles. The van der Waals surface area contributed by atoms with Crippen LogP contribution in [0.3, 0.4) is 0 Å². The summed E-state index contributed by atoms with van der Waals surface area (Å²) in [5.41, 5.74) is 2.03. The minimum absolute atomic E-state index is 0.149. The number of aryl methyl sites for hydroxylation is 1. The molecule has 0 fully saturated rings. The minimum atomic E-state index is -0.694. The lowest BCUT2D eigenvalue weighted by Gasteiger charge is -2.09. The van der Waals surface area contributed by atoms with Crippen LogP contribution in [0, 0.1) is 17.0 Å². The first kappa shape index (κ1) is 17.1. The first-order valence-electron chi connectivity index (χ1n) is 7.49. The van der Waals surface area contributed by atoms with Gasteiger partial charge in [-0.3, -0.25) is 14.9 Å². The smallest absolute Gasteiger partial charge is 0.338 e. The lowest BCUT2D eigenvalue weighted by atomic mass is 10.2. The normalized spacial score (nSPS) is 10.5. The molecule has 0 spiro atoms. The molecule has 0 bridgehead atoms. The molecule has 1 N–H and O–H groups in total. The van der Waals surface area contributed by atoms with E-state index in [2.05, 4.69) is 10.3 Å². The number of anilines is 1. The fourth-order valence-corrected chi connectivity index (χ4v) is 2.24. The third kappa shape index (κ3) is 3.66. The van der Waals surface area contributed by atoms with Gasteiger partial charge in [0.2, 0.25) is 0 Å². The number of hydrogen-bond acceptors (Lipinski definition) is 7. The van der Waals surface area contributed by atoms with Crippen molar-refractivity contribution >= 4 is 34.4 Å². The Labute approximate surface area is 146 Å². The van der Waals surface area contributed by atoms with Gasteiger partial charge in [0.25, 0.3) is 11.6 Å². The second-order valence-electron chi connectivity index (χ2n) is 5.42. The van der Waals surface area contributed by atoms with Gasteiger partial charge in [0.1, 0.15) is 5.52 Å². The zero-order valence-electron chi connectivity index (χ0n) is 13.6. The van der Waals surface area contributed by atoms with Gasteiger partial charge in [-0.1, -0.05) is 6.07 Å². The Balaban J connectivity index is 1.62. The van der Waals surface area contributed by atoms with Crippen molar-refractivity contribution in [3.8, 4) is 0 Å². The van der Waals surface area contributed by atoms with E-state index in [1.54, 1.807) is 13.0 Å². The zero-order chi connectivity index (χ0) is 18.7. The fraction of sp³-hybridized carbons (Fsp3) is 0.118. The number of fused-ring (bicyclic) bond motifs is 1. The first-order chi connectivity index (χ1) is 12.4. The Morgan fingerprint density at radius 1 is 1.27 bits per heavy atom. The van der Waals surface area contributed by atoms with Crippen LogP contribution in [0.15, 0.2) is 47.2 Å². The Bertz CT molecular complexity index is 1010. The number of amides is 1. The van der Waals surface area contributed by atoms with Crippen LogP contribution < -0.4 is 5.32 Å². The minimum Gasteiger partial charge on any atom is -0.452 e. The molecule has 9 nitrogen and oxygen atoms in total. The molecule has 1 amide bonds. The standard InChI is InChI=1S/C17H13N3O6/c1-10-2-4-12(20(23)24)7-13(10)19-16(21)8-25-17(22)11-3-5-15-14(6-11)18-9-26-15/h2-7,9H,8H2,1H3,(H,19,21). The van der Waals surface area contributed by atoms with E-state index >= 15 is 0 Å². The summed E-state index contributed by atoms with van der Waals surface area (Å²) in [4.78, 5) is 38.2. The maximum Gasteiger partial charge on any atom is 0.338 e. The number of nitro benzene ring substituents is 1. The summed E-state index contributed by atoms with van der Waals surface area (Å²) in [5.74, 6) is -1.30. The van der Waals surface area contributed by atoms with E-state index in [1.165, 1.54) is 36.7 Å². The lowest BCUT2D eigenvalue weighted by molar-refractivity contribution is -0.384. The lowest BCUT2D eigenvalue weighted by Crippen LogP contribution is -2.21. The molecule has 0 aliphatic heterocycles. The quantitative estimate of drug-likeness (QED) is 0.424. The molecule has 132 valence electrons. The summed E-state index contributed by atoms with van der Waals surface area (Å²) in [6, 6.07) is 8.67. The molecule has 26 heavy (non-hydrogen) atoms. The summed E-state index contributed by atoms with van der Waals surface area (Å²) >= 11 is 0. The molecule has 0 saturated heterocycles. The molecule has 0 radical (unpaired) electrons. The number of nitrogens with one attached hydrogen (secondary N) is 1.